The van der Waals surface area contributed by atoms with E-state index in [1.165, 1.54) is 82.8 Å². The summed E-state index contributed by atoms with van der Waals surface area (Å²) in [5.41, 5.74) is 0.995. The van der Waals surface area contributed by atoms with Crippen LogP contribution in [0.1, 0.15) is 102 Å². The molecule has 2 heteroatoms. The van der Waals surface area contributed by atoms with Crippen LogP contribution < -0.4 is 0 Å². The maximum atomic E-state index is 13.5. The Hall–Kier alpha value is -0.920. The summed E-state index contributed by atoms with van der Waals surface area (Å²) >= 11 is 0. The van der Waals surface area contributed by atoms with E-state index in [1.54, 1.807) is 6.07 Å². The molecule has 0 nitrogen and oxygen atoms in total. The SMILES string of the molecule is CCCCCC1CCC(CC2CCC(c3ccc(F)c(F)c3)CC2)CC1. The van der Waals surface area contributed by atoms with Crippen molar-refractivity contribution < 1.29 is 8.78 Å². The van der Waals surface area contributed by atoms with Gasteiger partial charge in [0.1, 0.15) is 0 Å². The van der Waals surface area contributed by atoms with Gasteiger partial charge in [-0.3, -0.25) is 0 Å². The van der Waals surface area contributed by atoms with Crippen LogP contribution in [-0.4, -0.2) is 0 Å². The van der Waals surface area contributed by atoms with Crippen LogP contribution in [0.4, 0.5) is 8.78 Å². The van der Waals surface area contributed by atoms with Crippen molar-refractivity contribution >= 4 is 0 Å². The van der Waals surface area contributed by atoms with Crippen LogP contribution in [0.5, 0.6) is 0 Å². The van der Waals surface area contributed by atoms with Gasteiger partial charge in [0.25, 0.3) is 0 Å². The van der Waals surface area contributed by atoms with Gasteiger partial charge < -0.3 is 0 Å². The van der Waals surface area contributed by atoms with E-state index < -0.39 is 11.6 Å². The third-order valence-corrected chi connectivity index (χ3v) is 7.11. The van der Waals surface area contributed by atoms with E-state index in [-0.39, 0.29) is 0 Å². The molecule has 0 radical (unpaired) electrons. The van der Waals surface area contributed by atoms with Crippen LogP contribution in [-0.2, 0) is 0 Å². The molecule has 0 N–H and O–H groups in total. The molecular weight excluding hydrogens is 326 g/mol. The van der Waals surface area contributed by atoms with Crippen molar-refractivity contribution in [2.75, 3.05) is 0 Å². The minimum absolute atomic E-state index is 0.427. The van der Waals surface area contributed by atoms with Gasteiger partial charge >= 0.3 is 0 Å². The summed E-state index contributed by atoms with van der Waals surface area (Å²) in [6, 6.07) is 4.49. The number of hydrogen-bond acceptors (Lipinski definition) is 0. The van der Waals surface area contributed by atoms with Crippen LogP contribution in [0.25, 0.3) is 0 Å². The smallest absolute Gasteiger partial charge is 0.159 e. The van der Waals surface area contributed by atoms with Crippen LogP contribution in [0.3, 0.4) is 0 Å². The fraction of sp³-hybridized carbons (Fsp3) is 0.750. The van der Waals surface area contributed by atoms with Crippen molar-refractivity contribution in [2.45, 2.75) is 96.3 Å². The van der Waals surface area contributed by atoms with Gasteiger partial charge in [-0.05, 0) is 73.5 Å². The van der Waals surface area contributed by atoms with E-state index in [0.29, 0.717) is 5.92 Å². The van der Waals surface area contributed by atoms with Gasteiger partial charge in [-0.15, -0.1) is 0 Å². The maximum Gasteiger partial charge on any atom is 0.159 e. The minimum atomic E-state index is -0.729. The lowest BCUT2D eigenvalue weighted by atomic mass is 9.71. The Morgan fingerprint density at radius 3 is 2.00 bits per heavy atom. The summed E-state index contributed by atoms with van der Waals surface area (Å²) in [7, 11) is 0. The summed E-state index contributed by atoms with van der Waals surface area (Å²) in [4.78, 5) is 0. The lowest BCUT2D eigenvalue weighted by molar-refractivity contribution is 0.199. The lowest BCUT2D eigenvalue weighted by Gasteiger charge is -2.34. The highest BCUT2D eigenvalue weighted by atomic mass is 19.2. The highest BCUT2D eigenvalue weighted by Gasteiger charge is 2.27. The average Bonchev–Trinajstić information content (AvgIpc) is 2.66. The Balaban J connectivity index is 1.37. The molecule has 0 amide bonds. The van der Waals surface area contributed by atoms with Crippen molar-refractivity contribution in [1.82, 2.24) is 0 Å². The molecule has 3 rings (SSSR count). The Kier molecular flexibility index (Phi) is 7.52. The van der Waals surface area contributed by atoms with E-state index >= 15 is 0 Å². The summed E-state index contributed by atoms with van der Waals surface area (Å²) in [5, 5.41) is 0. The predicted octanol–water partition coefficient (Wildman–Crippen LogP) is 8.02. The van der Waals surface area contributed by atoms with Gasteiger partial charge in [-0.2, -0.15) is 0 Å². The van der Waals surface area contributed by atoms with Crippen LogP contribution in [0, 0.1) is 29.4 Å². The molecule has 0 aliphatic heterocycles. The first-order chi connectivity index (χ1) is 12.7. The summed E-state index contributed by atoms with van der Waals surface area (Å²) < 4.78 is 26.6. The van der Waals surface area contributed by atoms with Gasteiger partial charge in [0.05, 0.1) is 0 Å². The van der Waals surface area contributed by atoms with Crippen LogP contribution >= 0.6 is 0 Å². The largest absolute Gasteiger partial charge is 0.204 e. The molecule has 0 spiro atoms. The minimum Gasteiger partial charge on any atom is -0.204 e. The van der Waals surface area contributed by atoms with Gasteiger partial charge in [0.15, 0.2) is 11.6 Å². The monoisotopic (exact) mass is 362 g/mol. The summed E-state index contributed by atoms with van der Waals surface area (Å²) in [5.74, 6) is 1.81. The zero-order valence-electron chi connectivity index (χ0n) is 16.5. The molecule has 1 aromatic carbocycles. The third kappa shape index (κ3) is 5.54. The summed E-state index contributed by atoms with van der Waals surface area (Å²) in [6.45, 7) is 2.29. The first kappa shape index (κ1) is 19.8. The van der Waals surface area contributed by atoms with Crippen molar-refractivity contribution in [2.24, 2.45) is 17.8 Å². The van der Waals surface area contributed by atoms with Gasteiger partial charge in [-0.25, -0.2) is 8.78 Å². The molecule has 2 fully saturated rings. The fourth-order valence-electron chi connectivity index (χ4n) is 5.41. The third-order valence-electron chi connectivity index (χ3n) is 7.11. The lowest BCUT2D eigenvalue weighted by Crippen LogP contribution is -2.20. The predicted molar refractivity (Wildman–Crippen MR) is 105 cm³/mol. The number of benzene rings is 1. The van der Waals surface area contributed by atoms with Crippen molar-refractivity contribution in [3.05, 3.63) is 35.4 Å². The average molecular weight is 363 g/mol. The van der Waals surface area contributed by atoms with E-state index in [1.807, 2.05) is 0 Å². The molecular formula is C24H36F2. The highest BCUT2D eigenvalue weighted by Crippen LogP contribution is 2.42. The van der Waals surface area contributed by atoms with Crippen molar-refractivity contribution in [1.29, 1.82) is 0 Å². The molecule has 1 aromatic rings. The Morgan fingerprint density at radius 1 is 0.769 bits per heavy atom. The molecule has 0 atom stereocenters. The first-order valence-corrected chi connectivity index (χ1v) is 11.1. The van der Waals surface area contributed by atoms with Crippen molar-refractivity contribution in [3.63, 3.8) is 0 Å². The standard InChI is InChI=1S/C24H36F2/c1-2-3-4-5-18-6-8-19(9-7-18)16-20-10-12-21(13-11-20)22-14-15-23(25)24(26)17-22/h14-15,17-21H,2-13,16H2,1H3. The zero-order chi connectivity index (χ0) is 18.4. The highest BCUT2D eigenvalue weighted by molar-refractivity contribution is 5.22. The Bertz CT molecular complexity index is 537. The molecule has 0 bridgehead atoms. The molecule has 2 aliphatic carbocycles. The molecule has 2 aliphatic rings. The van der Waals surface area contributed by atoms with Crippen LogP contribution in [0.15, 0.2) is 18.2 Å². The number of unbranched alkanes of at least 4 members (excludes halogenated alkanes) is 2. The zero-order valence-corrected chi connectivity index (χ0v) is 16.5. The quantitative estimate of drug-likeness (QED) is 0.431. The van der Waals surface area contributed by atoms with Crippen LogP contribution in [0.2, 0.25) is 0 Å². The number of halogens is 2. The van der Waals surface area contributed by atoms with E-state index in [2.05, 4.69) is 6.92 Å². The molecule has 0 unspecified atom stereocenters. The van der Waals surface area contributed by atoms with Gasteiger partial charge in [0.2, 0.25) is 0 Å². The number of rotatable bonds is 7. The van der Waals surface area contributed by atoms with E-state index in [9.17, 15) is 8.78 Å². The Morgan fingerprint density at radius 2 is 1.38 bits per heavy atom. The second-order valence-electron chi connectivity index (χ2n) is 9.01. The number of hydrogen-bond donors (Lipinski definition) is 0. The second kappa shape index (κ2) is 9.85. The van der Waals surface area contributed by atoms with E-state index in [4.69, 9.17) is 0 Å². The second-order valence-corrected chi connectivity index (χ2v) is 9.01. The molecule has 146 valence electrons. The van der Waals surface area contributed by atoms with E-state index in [0.717, 1.165) is 36.2 Å². The maximum absolute atomic E-state index is 13.5. The Labute approximate surface area is 158 Å². The molecule has 2 saturated carbocycles. The molecule has 0 heterocycles. The molecule has 26 heavy (non-hydrogen) atoms. The fourth-order valence-corrected chi connectivity index (χ4v) is 5.41. The van der Waals surface area contributed by atoms with Gasteiger partial charge in [-0.1, -0.05) is 64.4 Å². The first-order valence-electron chi connectivity index (χ1n) is 11.1. The van der Waals surface area contributed by atoms with Gasteiger partial charge in [0, 0.05) is 0 Å². The molecule has 0 saturated heterocycles. The summed E-state index contributed by atoms with van der Waals surface area (Å²) in [6.07, 6.45) is 17.6. The molecule has 0 aromatic heterocycles. The topological polar surface area (TPSA) is 0 Å². The normalized spacial score (nSPS) is 29.7. The van der Waals surface area contributed by atoms with Crippen molar-refractivity contribution in [3.8, 4) is 0 Å².